The molecule has 0 spiro atoms. The number of rotatable bonds is 6. The Hall–Kier alpha value is -2.67. The third-order valence-corrected chi connectivity index (χ3v) is 6.01. The average Bonchev–Trinajstić information content (AvgIpc) is 3.60. The normalized spacial score (nSPS) is 16.5. The van der Waals surface area contributed by atoms with E-state index in [1.165, 1.54) is 11.1 Å². The van der Waals surface area contributed by atoms with Gasteiger partial charge in [-0.3, -0.25) is 0 Å². The first kappa shape index (κ1) is 21.6. The van der Waals surface area contributed by atoms with E-state index in [0.717, 1.165) is 55.3 Å². The maximum Gasteiger partial charge on any atom is 0.319 e. The number of nitrogens with zero attached hydrogens (tertiary/aromatic N) is 5. The molecule has 1 saturated heterocycles. The van der Waals surface area contributed by atoms with E-state index in [4.69, 9.17) is 14.7 Å². The number of piperazine rings is 1. The average molecular weight is 424 g/mol. The monoisotopic (exact) mass is 423 g/mol. The first-order valence-electron chi connectivity index (χ1n) is 11.1. The second kappa shape index (κ2) is 9.22. The molecule has 2 heterocycles. The molecular weight excluding hydrogens is 390 g/mol. The van der Waals surface area contributed by atoms with E-state index in [0.29, 0.717) is 25.6 Å². The largest absolute Gasteiger partial charge is 0.378 e. The minimum atomic E-state index is 0.0704. The molecule has 1 aliphatic carbocycles. The number of hydrogen-bond acceptors (Lipinski definition) is 5. The number of urea groups is 1. The molecule has 166 valence electrons. The summed E-state index contributed by atoms with van der Waals surface area (Å²) in [6.45, 7) is 5.54. The number of amides is 2. The number of anilines is 1. The molecule has 7 nitrogen and oxygen atoms in total. The number of carbonyl (C=O) groups excluding carboxylic acids is 1. The van der Waals surface area contributed by atoms with Crippen molar-refractivity contribution in [3.8, 4) is 0 Å². The van der Waals surface area contributed by atoms with Crippen molar-refractivity contribution in [3.05, 3.63) is 52.5 Å². The molecule has 2 aliphatic rings. The van der Waals surface area contributed by atoms with Gasteiger partial charge in [-0.05, 0) is 25.3 Å². The summed E-state index contributed by atoms with van der Waals surface area (Å²) in [4.78, 5) is 28.3. The topological polar surface area (TPSA) is 61.8 Å². The molecule has 0 N–H and O–H groups in total. The summed E-state index contributed by atoms with van der Waals surface area (Å²) >= 11 is 0. The Morgan fingerprint density at radius 2 is 1.90 bits per heavy atom. The predicted octanol–water partition coefficient (Wildman–Crippen LogP) is 3.20. The summed E-state index contributed by atoms with van der Waals surface area (Å²) in [5.41, 5.74) is 4.63. The van der Waals surface area contributed by atoms with Gasteiger partial charge < -0.3 is 19.4 Å². The van der Waals surface area contributed by atoms with E-state index in [9.17, 15) is 4.79 Å². The second-order valence-electron chi connectivity index (χ2n) is 8.85. The second-order valence-corrected chi connectivity index (χ2v) is 8.85. The molecule has 2 fully saturated rings. The van der Waals surface area contributed by atoms with Gasteiger partial charge in [0.2, 0.25) is 0 Å². The Morgan fingerprint density at radius 3 is 2.52 bits per heavy atom. The Balaban J connectivity index is 1.67. The van der Waals surface area contributed by atoms with Crippen LogP contribution in [0.4, 0.5) is 10.6 Å². The van der Waals surface area contributed by atoms with Crippen molar-refractivity contribution >= 4 is 11.8 Å². The molecule has 2 amide bonds. The van der Waals surface area contributed by atoms with Crippen LogP contribution in [0, 0.1) is 6.92 Å². The number of aromatic nitrogens is 2. The molecule has 0 bridgehead atoms. The van der Waals surface area contributed by atoms with Gasteiger partial charge in [-0.25, -0.2) is 14.8 Å². The van der Waals surface area contributed by atoms with Crippen molar-refractivity contribution in [2.75, 3.05) is 52.3 Å². The van der Waals surface area contributed by atoms with Gasteiger partial charge in [0.1, 0.15) is 11.6 Å². The Kier molecular flexibility index (Phi) is 6.41. The summed E-state index contributed by atoms with van der Waals surface area (Å²) < 4.78 is 5.54. The van der Waals surface area contributed by atoms with Gasteiger partial charge >= 0.3 is 6.03 Å². The van der Waals surface area contributed by atoms with Gasteiger partial charge in [-0.1, -0.05) is 29.8 Å². The lowest BCUT2D eigenvalue weighted by Gasteiger charge is -2.37. The highest BCUT2D eigenvalue weighted by molar-refractivity contribution is 5.74. The Labute approximate surface area is 185 Å². The van der Waals surface area contributed by atoms with Crippen LogP contribution < -0.4 is 4.90 Å². The van der Waals surface area contributed by atoms with Crippen molar-refractivity contribution < 1.29 is 9.53 Å². The maximum absolute atomic E-state index is 12.4. The summed E-state index contributed by atoms with van der Waals surface area (Å²) in [5.74, 6) is 2.43. The van der Waals surface area contributed by atoms with E-state index in [-0.39, 0.29) is 6.03 Å². The van der Waals surface area contributed by atoms with Crippen molar-refractivity contribution in [2.24, 2.45) is 0 Å². The zero-order chi connectivity index (χ0) is 22.0. The van der Waals surface area contributed by atoms with E-state index in [1.54, 1.807) is 26.1 Å². The van der Waals surface area contributed by atoms with E-state index in [1.807, 2.05) is 4.90 Å². The number of hydrogen-bond donors (Lipinski definition) is 0. The lowest BCUT2D eigenvalue weighted by atomic mass is 10.0. The molecular formula is C24H33N5O2. The highest BCUT2D eigenvalue weighted by Gasteiger charge is 2.31. The fourth-order valence-electron chi connectivity index (χ4n) is 4.18. The maximum atomic E-state index is 12.4. The Bertz CT molecular complexity index is 934. The van der Waals surface area contributed by atoms with Gasteiger partial charge in [0, 0.05) is 65.3 Å². The number of ether oxygens (including phenoxy) is 1. The molecule has 4 rings (SSSR count). The third-order valence-electron chi connectivity index (χ3n) is 6.01. The van der Waals surface area contributed by atoms with Gasteiger partial charge in [-0.15, -0.1) is 0 Å². The molecule has 1 saturated carbocycles. The van der Waals surface area contributed by atoms with Crippen LogP contribution in [0.1, 0.15) is 47.0 Å². The third kappa shape index (κ3) is 4.98. The molecule has 1 aliphatic heterocycles. The van der Waals surface area contributed by atoms with Crippen LogP contribution in [0.5, 0.6) is 0 Å². The molecule has 0 atom stereocenters. The number of benzene rings is 1. The molecule has 0 radical (unpaired) electrons. The minimum absolute atomic E-state index is 0.0704. The predicted molar refractivity (Wildman–Crippen MR) is 122 cm³/mol. The smallest absolute Gasteiger partial charge is 0.319 e. The standard InChI is InChI=1S/C24H33N5O2/c1-17-6-5-7-18(14-17)15-20-21(16-31-4)25-22(19-8-9-19)26-23(20)28-10-12-29(13-11-28)24(30)27(2)3/h5-7,14,19H,8-13,15-16H2,1-4H3. The molecule has 31 heavy (non-hydrogen) atoms. The SMILES string of the molecule is COCc1nc(C2CC2)nc(N2CCN(C(=O)N(C)C)CC2)c1Cc1cccc(C)c1. The van der Waals surface area contributed by atoms with Crippen molar-refractivity contribution in [2.45, 2.75) is 38.7 Å². The van der Waals surface area contributed by atoms with E-state index >= 15 is 0 Å². The van der Waals surface area contributed by atoms with Crippen molar-refractivity contribution in [1.82, 2.24) is 19.8 Å². The molecule has 1 aromatic carbocycles. The van der Waals surface area contributed by atoms with Gasteiger partial charge in [0.15, 0.2) is 0 Å². The highest BCUT2D eigenvalue weighted by Crippen LogP contribution is 2.40. The summed E-state index contributed by atoms with van der Waals surface area (Å²) in [6, 6.07) is 8.68. The molecule has 0 unspecified atom stereocenters. The van der Waals surface area contributed by atoms with Crippen LogP contribution in [-0.4, -0.2) is 73.2 Å². The number of aryl methyl sites for hydroxylation is 1. The van der Waals surface area contributed by atoms with Gasteiger partial charge in [0.25, 0.3) is 0 Å². The summed E-state index contributed by atoms with van der Waals surface area (Å²) in [5, 5.41) is 0. The molecule has 7 heteroatoms. The van der Waals surface area contributed by atoms with Crippen molar-refractivity contribution in [3.63, 3.8) is 0 Å². The minimum Gasteiger partial charge on any atom is -0.378 e. The first-order chi connectivity index (χ1) is 15.0. The van der Waals surface area contributed by atoms with Crippen LogP contribution in [-0.2, 0) is 17.8 Å². The van der Waals surface area contributed by atoms with Gasteiger partial charge in [-0.2, -0.15) is 0 Å². The Morgan fingerprint density at radius 1 is 1.16 bits per heavy atom. The van der Waals surface area contributed by atoms with E-state index < -0.39 is 0 Å². The molecule has 1 aromatic heterocycles. The fraction of sp³-hybridized carbons (Fsp3) is 0.542. The zero-order valence-electron chi connectivity index (χ0n) is 19.1. The molecule has 2 aromatic rings. The lowest BCUT2D eigenvalue weighted by molar-refractivity contribution is 0.167. The fourth-order valence-corrected chi connectivity index (χ4v) is 4.18. The first-order valence-corrected chi connectivity index (χ1v) is 11.1. The highest BCUT2D eigenvalue weighted by atomic mass is 16.5. The van der Waals surface area contributed by atoms with Crippen LogP contribution >= 0.6 is 0 Å². The van der Waals surface area contributed by atoms with Crippen molar-refractivity contribution in [1.29, 1.82) is 0 Å². The number of carbonyl (C=O) groups is 1. The van der Waals surface area contributed by atoms with E-state index in [2.05, 4.69) is 36.1 Å². The quantitative estimate of drug-likeness (QED) is 0.714. The zero-order valence-corrected chi connectivity index (χ0v) is 19.1. The number of methoxy groups -OCH3 is 1. The lowest BCUT2D eigenvalue weighted by Crippen LogP contribution is -2.52. The summed E-state index contributed by atoms with van der Waals surface area (Å²) in [7, 11) is 5.33. The summed E-state index contributed by atoms with van der Waals surface area (Å²) in [6.07, 6.45) is 3.10. The van der Waals surface area contributed by atoms with Gasteiger partial charge in [0.05, 0.1) is 12.3 Å². The van der Waals surface area contributed by atoms with Crippen LogP contribution in [0.2, 0.25) is 0 Å². The van der Waals surface area contributed by atoms with Crippen LogP contribution in [0.15, 0.2) is 24.3 Å². The van der Waals surface area contributed by atoms with Crippen LogP contribution in [0.3, 0.4) is 0 Å². The van der Waals surface area contributed by atoms with Crippen LogP contribution in [0.25, 0.3) is 0 Å².